The van der Waals surface area contributed by atoms with Crippen LogP contribution in [0.3, 0.4) is 0 Å². The Morgan fingerprint density at radius 2 is 1.86 bits per heavy atom. The molecule has 2 rings (SSSR count). The van der Waals surface area contributed by atoms with Crippen LogP contribution in [0.4, 0.5) is 0 Å². The van der Waals surface area contributed by atoms with Gasteiger partial charge in [-0.15, -0.1) is 0 Å². The third kappa shape index (κ3) is 3.95. The molecule has 6 nitrogen and oxygen atoms in total. The highest BCUT2D eigenvalue weighted by Crippen LogP contribution is 2.22. The number of hydrogen-bond donors (Lipinski definition) is 1. The maximum atomic E-state index is 12.4. The second-order valence-corrected chi connectivity index (χ2v) is 6.71. The first-order valence-electron chi connectivity index (χ1n) is 7.67. The lowest BCUT2D eigenvalue weighted by Crippen LogP contribution is -2.49. The Hall–Kier alpha value is -1.14. The molecule has 2 aliphatic heterocycles. The Bertz CT molecular complexity index is 391. The van der Waals surface area contributed by atoms with Crippen molar-refractivity contribution in [3.8, 4) is 0 Å². The minimum absolute atomic E-state index is 0.0898. The zero-order valence-corrected chi connectivity index (χ0v) is 13.1. The molecule has 0 aliphatic carbocycles. The average Bonchev–Trinajstić information content (AvgIpc) is 2.86. The van der Waals surface area contributed by atoms with Crippen molar-refractivity contribution in [1.29, 1.82) is 0 Å². The monoisotopic (exact) mass is 298 g/mol. The third-order valence-corrected chi connectivity index (χ3v) is 4.54. The van der Waals surface area contributed by atoms with Crippen LogP contribution in [0.2, 0.25) is 0 Å². The molecule has 21 heavy (non-hydrogen) atoms. The highest BCUT2D eigenvalue weighted by molar-refractivity contribution is 5.78. The number of hydrogen-bond acceptors (Lipinski definition) is 4. The summed E-state index contributed by atoms with van der Waals surface area (Å²) in [7, 11) is 1.81. The number of likely N-dealkylation sites (tertiary alicyclic amines) is 1. The maximum Gasteiger partial charge on any atom is 0.310 e. The van der Waals surface area contributed by atoms with Gasteiger partial charge in [0.2, 0.25) is 5.91 Å². The van der Waals surface area contributed by atoms with Crippen LogP contribution in [0.1, 0.15) is 20.3 Å². The number of rotatable bonds is 4. The molecular formula is C15H26N2O4. The van der Waals surface area contributed by atoms with Crippen molar-refractivity contribution in [2.75, 3.05) is 39.9 Å². The largest absolute Gasteiger partial charge is 0.481 e. The van der Waals surface area contributed by atoms with Crippen LogP contribution >= 0.6 is 0 Å². The molecule has 0 saturated carbocycles. The standard InChI is InChI=1S/C15H26N2O4/c1-10-4-11(2)6-17(5-10)14(18)7-16(3)13-9-21-8-12(13)15(19)20/h10-13H,4-9H2,1-3H3,(H,19,20). The molecule has 6 heteroatoms. The first-order valence-corrected chi connectivity index (χ1v) is 7.67. The maximum absolute atomic E-state index is 12.4. The summed E-state index contributed by atoms with van der Waals surface area (Å²) in [4.78, 5) is 27.4. The molecule has 0 aromatic rings. The van der Waals surface area contributed by atoms with E-state index in [-0.39, 0.29) is 25.1 Å². The lowest BCUT2D eigenvalue weighted by atomic mass is 9.92. The zero-order valence-electron chi connectivity index (χ0n) is 13.1. The summed E-state index contributed by atoms with van der Waals surface area (Å²) in [6.07, 6.45) is 1.16. The fourth-order valence-corrected chi connectivity index (χ4v) is 3.51. The fraction of sp³-hybridized carbons (Fsp3) is 0.867. The molecule has 0 bridgehead atoms. The Balaban J connectivity index is 1.91. The zero-order chi connectivity index (χ0) is 15.6. The van der Waals surface area contributed by atoms with E-state index in [1.165, 1.54) is 0 Å². The first-order chi connectivity index (χ1) is 9.88. The van der Waals surface area contributed by atoms with Gasteiger partial charge < -0.3 is 14.7 Å². The van der Waals surface area contributed by atoms with Gasteiger partial charge in [-0.3, -0.25) is 14.5 Å². The molecular weight excluding hydrogens is 272 g/mol. The van der Waals surface area contributed by atoms with E-state index in [2.05, 4.69) is 13.8 Å². The highest BCUT2D eigenvalue weighted by Gasteiger charge is 2.37. The van der Waals surface area contributed by atoms with Gasteiger partial charge in [0.15, 0.2) is 0 Å². The lowest BCUT2D eigenvalue weighted by molar-refractivity contribution is -0.144. The molecule has 1 amide bonds. The summed E-state index contributed by atoms with van der Waals surface area (Å²) in [5.74, 6) is -0.236. The minimum Gasteiger partial charge on any atom is -0.481 e. The quantitative estimate of drug-likeness (QED) is 0.819. The number of carbonyl (C=O) groups is 2. The van der Waals surface area contributed by atoms with Crippen molar-refractivity contribution in [3.05, 3.63) is 0 Å². The smallest absolute Gasteiger partial charge is 0.310 e. The normalized spacial score (nSPS) is 33.4. The summed E-state index contributed by atoms with van der Waals surface area (Å²) in [6.45, 7) is 6.83. The number of carboxylic acid groups (broad SMARTS) is 1. The Kier molecular flexibility index (Phi) is 5.22. The molecule has 120 valence electrons. The van der Waals surface area contributed by atoms with Gasteiger partial charge in [-0.05, 0) is 25.3 Å². The van der Waals surface area contributed by atoms with Crippen LogP contribution < -0.4 is 0 Å². The average molecular weight is 298 g/mol. The van der Waals surface area contributed by atoms with Gasteiger partial charge in [-0.1, -0.05) is 13.8 Å². The number of piperidine rings is 1. The van der Waals surface area contributed by atoms with E-state index in [9.17, 15) is 14.7 Å². The summed E-state index contributed by atoms with van der Waals surface area (Å²) >= 11 is 0. The van der Waals surface area contributed by atoms with E-state index in [0.717, 1.165) is 19.5 Å². The van der Waals surface area contributed by atoms with E-state index in [0.29, 0.717) is 18.4 Å². The van der Waals surface area contributed by atoms with Crippen LogP contribution in [0.15, 0.2) is 0 Å². The summed E-state index contributed by atoms with van der Waals surface area (Å²) in [5.41, 5.74) is 0. The van der Waals surface area contributed by atoms with Gasteiger partial charge in [0, 0.05) is 19.1 Å². The van der Waals surface area contributed by atoms with E-state index in [1.54, 1.807) is 0 Å². The fourth-order valence-electron chi connectivity index (χ4n) is 3.51. The van der Waals surface area contributed by atoms with E-state index in [4.69, 9.17) is 4.74 Å². The van der Waals surface area contributed by atoms with Crippen LogP contribution in [0.25, 0.3) is 0 Å². The number of carboxylic acids is 1. The van der Waals surface area contributed by atoms with Crippen molar-refractivity contribution in [2.45, 2.75) is 26.3 Å². The Morgan fingerprint density at radius 3 is 2.43 bits per heavy atom. The minimum atomic E-state index is -0.850. The SMILES string of the molecule is CC1CC(C)CN(C(=O)CN(C)C2COCC2C(=O)O)C1. The van der Waals surface area contributed by atoms with Crippen molar-refractivity contribution in [1.82, 2.24) is 9.80 Å². The summed E-state index contributed by atoms with van der Waals surface area (Å²) in [6, 6.07) is -0.217. The summed E-state index contributed by atoms with van der Waals surface area (Å²) < 4.78 is 5.27. The third-order valence-electron chi connectivity index (χ3n) is 4.54. The molecule has 2 fully saturated rings. The molecule has 2 heterocycles. The van der Waals surface area contributed by atoms with Crippen molar-refractivity contribution < 1.29 is 19.4 Å². The predicted octanol–water partition coefficient (Wildman–Crippen LogP) is 0.522. The van der Waals surface area contributed by atoms with E-state index >= 15 is 0 Å². The molecule has 0 aromatic carbocycles. The molecule has 2 aliphatic rings. The summed E-state index contributed by atoms with van der Waals surface area (Å²) in [5, 5.41) is 9.18. The van der Waals surface area contributed by atoms with Gasteiger partial charge in [0.25, 0.3) is 0 Å². The molecule has 0 radical (unpaired) electrons. The van der Waals surface area contributed by atoms with Gasteiger partial charge >= 0.3 is 5.97 Å². The van der Waals surface area contributed by atoms with Gasteiger partial charge in [0.05, 0.1) is 25.7 Å². The van der Waals surface area contributed by atoms with Crippen LogP contribution in [-0.4, -0.2) is 72.7 Å². The van der Waals surface area contributed by atoms with Gasteiger partial charge in [0.1, 0.15) is 0 Å². The van der Waals surface area contributed by atoms with Crippen LogP contribution in [0.5, 0.6) is 0 Å². The number of likely N-dealkylation sites (N-methyl/N-ethyl adjacent to an activating group) is 1. The molecule has 0 spiro atoms. The number of amides is 1. The number of nitrogens with zero attached hydrogens (tertiary/aromatic N) is 2. The predicted molar refractivity (Wildman–Crippen MR) is 77.9 cm³/mol. The topological polar surface area (TPSA) is 70.1 Å². The molecule has 1 N–H and O–H groups in total. The molecule has 2 saturated heterocycles. The number of carbonyl (C=O) groups excluding carboxylic acids is 1. The van der Waals surface area contributed by atoms with Crippen LogP contribution in [0, 0.1) is 17.8 Å². The van der Waals surface area contributed by atoms with Crippen molar-refractivity contribution in [2.24, 2.45) is 17.8 Å². The van der Waals surface area contributed by atoms with Gasteiger partial charge in [-0.2, -0.15) is 0 Å². The molecule has 0 aromatic heterocycles. The van der Waals surface area contributed by atoms with Crippen molar-refractivity contribution >= 4 is 11.9 Å². The van der Waals surface area contributed by atoms with Crippen molar-refractivity contribution in [3.63, 3.8) is 0 Å². The lowest BCUT2D eigenvalue weighted by Gasteiger charge is -2.36. The Labute approximate surface area is 126 Å². The second-order valence-electron chi connectivity index (χ2n) is 6.71. The molecule has 4 atom stereocenters. The van der Waals surface area contributed by atoms with Crippen LogP contribution in [-0.2, 0) is 14.3 Å². The number of ether oxygens (including phenoxy) is 1. The van der Waals surface area contributed by atoms with E-state index < -0.39 is 11.9 Å². The second kappa shape index (κ2) is 6.75. The first kappa shape index (κ1) is 16.2. The van der Waals surface area contributed by atoms with E-state index in [1.807, 2.05) is 16.8 Å². The highest BCUT2D eigenvalue weighted by atomic mass is 16.5. The molecule has 4 unspecified atom stereocenters. The Morgan fingerprint density at radius 1 is 1.24 bits per heavy atom. The number of aliphatic carboxylic acids is 1. The van der Waals surface area contributed by atoms with Gasteiger partial charge in [-0.25, -0.2) is 0 Å².